The molecule has 2 nitrogen and oxygen atoms in total. The lowest BCUT2D eigenvalue weighted by molar-refractivity contribution is -0.134. The SMILES string of the molecule is C=CCCCCCC/C=C/C(=O)OC. The molecule has 0 aliphatic heterocycles. The van der Waals surface area contributed by atoms with Crippen LogP contribution in [-0.4, -0.2) is 13.1 Å². The van der Waals surface area contributed by atoms with E-state index in [1.54, 1.807) is 0 Å². The molecule has 0 unspecified atom stereocenters. The lowest BCUT2D eigenvalue weighted by Crippen LogP contribution is -1.93. The Morgan fingerprint density at radius 3 is 2.43 bits per heavy atom. The minimum absolute atomic E-state index is 0.267. The molecule has 0 aromatic heterocycles. The number of carbonyl (C=O) groups is 1. The fraction of sp³-hybridized carbons (Fsp3) is 0.583. The number of ether oxygens (including phenoxy) is 1. The van der Waals surface area contributed by atoms with Crippen LogP contribution in [0.3, 0.4) is 0 Å². The highest BCUT2D eigenvalue weighted by Crippen LogP contribution is 2.05. The summed E-state index contributed by atoms with van der Waals surface area (Å²) in [5, 5.41) is 0. The van der Waals surface area contributed by atoms with E-state index in [0.717, 1.165) is 19.3 Å². The largest absolute Gasteiger partial charge is 0.466 e. The van der Waals surface area contributed by atoms with Gasteiger partial charge in [0.15, 0.2) is 0 Å². The van der Waals surface area contributed by atoms with E-state index in [0.29, 0.717) is 0 Å². The first kappa shape index (κ1) is 12.9. The Labute approximate surface area is 86.6 Å². The van der Waals surface area contributed by atoms with Gasteiger partial charge in [0, 0.05) is 6.08 Å². The van der Waals surface area contributed by atoms with Gasteiger partial charge < -0.3 is 4.74 Å². The van der Waals surface area contributed by atoms with E-state index in [-0.39, 0.29) is 5.97 Å². The van der Waals surface area contributed by atoms with E-state index in [1.165, 1.54) is 32.4 Å². The molecule has 0 amide bonds. The van der Waals surface area contributed by atoms with Crippen molar-refractivity contribution in [2.75, 3.05) is 7.11 Å². The summed E-state index contributed by atoms with van der Waals surface area (Å²) in [5.41, 5.74) is 0. The van der Waals surface area contributed by atoms with Crippen LogP contribution in [0.25, 0.3) is 0 Å². The summed E-state index contributed by atoms with van der Waals surface area (Å²) >= 11 is 0. The highest BCUT2D eigenvalue weighted by molar-refractivity contribution is 5.81. The maximum atomic E-state index is 10.7. The van der Waals surface area contributed by atoms with Crippen LogP contribution in [0.5, 0.6) is 0 Å². The van der Waals surface area contributed by atoms with Crippen LogP contribution in [0.4, 0.5) is 0 Å². The third-order valence-electron chi connectivity index (χ3n) is 1.98. The minimum atomic E-state index is -0.267. The fourth-order valence-electron chi connectivity index (χ4n) is 1.15. The standard InChI is InChI=1S/C12H20O2/c1-3-4-5-6-7-8-9-10-11-12(13)14-2/h3,10-11H,1,4-9H2,2H3/b11-10+. The van der Waals surface area contributed by atoms with Crippen LogP contribution in [0.1, 0.15) is 38.5 Å². The zero-order valence-electron chi connectivity index (χ0n) is 9.00. The van der Waals surface area contributed by atoms with Crippen LogP contribution >= 0.6 is 0 Å². The van der Waals surface area contributed by atoms with Crippen LogP contribution in [0.15, 0.2) is 24.8 Å². The first-order chi connectivity index (χ1) is 6.81. The predicted molar refractivity (Wildman–Crippen MR) is 59.1 cm³/mol. The maximum Gasteiger partial charge on any atom is 0.330 e. The van der Waals surface area contributed by atoms with Gasteiger partial charge in [-0.15, -0.1) is 6.58 Å². The summed E-state index contributed by atoms with van der Waals surface area (Å²) < 4.78 is 4.47. The molecule has 0 radical (unpaired) electrons. The van der Waals surface area contributed by atoms with Crippen LogP contribution in [0, 0.1) is 0 Å². The Bertz CT molecular complexity index is 183. The summed E-state index contributed by atoms with van der Waals surface area (Å²) in [4.78, 5) is 10.7. The van der Waals surface area contributed by atoms with Gasteiger partial charge in [-0.3, -0.25) is 0 Å². The zero-order valence-corrected chi connectivity index (χ0v) is 9.00. The van der Waals surface area contributed by atoms with Crippen molar-refractivity contribution in [3.8, 4) is 0 Å². The smallest absolute Gasteiger partial charge is 0.330 e. The van der Waals surface area contributed by atoms with E-state index >= 15 is 0 Å². The Balaban J connectivity index is 3.16. The van der Waals surface area contributed by atoms with Gasteiger partial charge in [0.25, 0.3) is 0 Å². The van der Waals surface area contributed by atoms with E-state index in [9.17, 15) is 4.79 Å². The second kappa shape index (κ2) is 10.0. The van der Waals surface area contributed by atoms with Crippen molar-refractivity contribution in [3.63, 3.8) is 0 Å². The van der Waals surface area contributed by atoms with Gasteiger partial charge in [-0.25, -0.2) is 4.79 Å². The summed E-state index contributed by atoms with van der Waals surface area (Å²) in [5.74, 6) is -0.267. The number of hydrogen-bond acceptors (Lipinski definition) is 2. The van der Waals surface area contributed by atoms with Crippen molar-refractivity contribution in [2.24, 2.45) is 0 Å². The first-order valence-electron chi connectivity index (χ1n) is 5.16. The van der Waals surface area contributed by atoms with E-state index < -0.39 is 0 Å². The fourth-order valence-corrected chi connectivity index (χ4v) is 1.15. The molecule has 0 aliphatic rings. The molecule has 0 heterocycles. The number of esters is 1. The van der Waals surface area contributed by atoms with E-state index in [1.807, 2.05) is 12.2 Å². The van der Waals surface area contributed by atoms with Crippen molar-refractivity contribution < 1.29 is 9.53 Å². The molecule has 2 heteroatoms. The summed E-state index contributed by atoms with van der Waals surface area (Å²) in [6.07, 6.45) is 12.2. The quantitative estimate of drug-likeness (QED) is 0.258. The molecule has 0 aliphatic carbocycles. The third-order valence-corrected chi connectivity index (χ3v) is 1.98. The van der Waals surface area contributed by atoms with Crippen molar-refractivity contribution in [1.29, 1.82) is 0 Å². The van der Waals surface area contributed by atoms with Gasteiger partial charge >= 0.3 is 5.97 Å². The molecule has 0 spiro atoms. The average molecular weight is 196 g/mol. The minimum Gasteiger partial charge on any atom is -0.466 e. The van der Waals surface area contributed by atoms with Crippen LogP contribution in [-0.2, 0) is 9.53 Å². The Hall–Kier alpha value is -1.05. The molecular formula is C12H20O2. The van der Waals surface area contributed by atoms with Gasteiger partial charge in [0.1, 0.15) is 0 Å². The summed E-state index contributed by atoms with van der Waals surface area (Å²) in [6.45, 7) is 3.67. The number of methoxy groups -OCH3 is 1. The predicted octanol–water partition coefficient (Wildman–Crippen LogP) is 3.24. The number of unbranched alkanes of at least 4 members (excludes halogenated alkanes) is 5. The molecule has 0 rings (SSSR count). The number of allylic oxidation sites excluding steroid dienone is 2. The lowest BCUT2D eigenvalue weighted by atomic mass is 10.1. The van der Waals surface area contributed by atoms with Crippen LogP contribution in [0.2, 0.25) is 0 Å². The Kier molecular flexibility index (Phi) is 9.28. The molecule has 80 valence electrons. The third kappa shape index (κ3) is 9.04. The second-order valence-electron chi connectivity index (χ2n) is 3.21. The maximum absolute atomic E-state index is 10.7. The molecule has 0 saturated carbocycles. The summed E-state index contributed by atoms with van der Waals surface area (Å²) in [7, 11) is 1.39. The average Bonchev–Trinajstić information content (AvgIpc) is 2.21. The topological polar surface area (TPSA) is 26.3 Å². The highest BCUT2D eigenvalue weighted by atomic mass is 16.5. The van der Waals surface area contributed by atoms with Gasteiger partial charge in [-0.2, -0.15) is 0 Å². The van der Waals surface area contributed by atoms with Crippen LogP contribution < -0.4 is 0 Å². The summed E-state index contributed by atoms with van der Waals surface area (Å²) in [6, 6.07) is 0. The van der Waals surface area contributed by atoms with Crippen molar-refractivity contribution >= 4 is 5.97 Å². The molecule has 0 N–H and O–H groups in total. The van der Waals surface area contributed by atoms with Gasteiger partial charge in [0.05, 0.1) is 7.11 Å². The van der Waals surface area contributed by atoms with E-state index in [4.69, 9.17) is 0 Å². The molecule has 0 aromatic carbocycles. The molecular weight excluding hydrogens is 176 g/mol. The monoisotopic (exact) mass is 196 g/mol. The molecule has 14 heavy (non-hydrogen) atoms. The van der Waals surface area contributed by atoms with Crippen molar-refractivity contribution in [2.45, 2.75) is 38.5 Å². The van der Waals surface area contributed by atoms with Gasteiger partial charge in [0.2, 0.25) is 0 Å². The highest BCUT2D eigenvalue weighted by Gasteiger charge is 1.90. The normalized spacial score (nSPS) is 10.4. The first-order valence-corrected chi connectivity index (χ1v) is 5.16. The molecule has 0 saturated heterocycles. The zero-order chi connectivity index (χ0) is 10.6. The number of rotatable bonds is 8. The van der Waals surface area contributed by atoms with Crippen molar-refractivity contribution in [1.82, 2.24) is 0 Å². The number of carbonyl (C=O) groups excluding carboxylic acids is 1. The van der Waals surface area contributed by atoms with Gasteiger partial charge in [-0.1, -0.05) is 25.0 Å². The Morgan fingerprint density at radius 1 is 1.21 bits per heavy atom. The molecule has 0 bridgehead atoms. The Morgan fingerprint density at radius 2 is 1.86 bits per heavy atom. The van der Waals surface area contributed by atoms with E-state index in [2.05, 4.69) is 11.3 Å². The number of hydrogen-bond donors (Lipinski definition) is 0. The van der Waals surface area contributed by atoms with Gasteiger partial charge in [-0.05, 0) is 25.7 Å². The molecule has 0 atom stereocenters. The molecule has 0 aromatic rings. The van der Waals surface area contributed by atoms with Crippen molar-refractivity contribution in [3.05, 3.63) is 24.8 Å². The second-order valence-corrected chi connectivity index (χ2v) is 3.21. The molecule has 0 fully saturated rings. The lowest BCUT2D eigenvalue weighted by Gasteiger charge is -1.96.